The number of thioether (sulfide) groups is 1. The molecule has 0 spiro atoms. The van der Waals surface area contributed by atoms with Crippen LogP contribution in [0.4, 0.5) is 0 Å². The van der Waals surface area contributed by atoms with Gasteiger partial charge in [-0.1, -0.05) is 13.8 Å². The fourth-order valence-electron chi connectivity index (χ4n) is 2.41. The molecule has 0 aromatic heterocycles. The molecule has 0 radical (unpaired) electrons. The minimum atomic E-state index is 0.752. The van der Waals surface area contributed by atoms with Crippen LogP contribution in [0.3, 0.4) is 0 Å². The number of nitrogens with one attached hydrogen (secondary N) is 2. The first-order valence-electron chi connectivity index (χ1n) is 5.82. The lowest BCUT2D eigenvalue weighted by Gasteiger charge is -2.33. The molecule has 2 aliphatic rings. The van der Waals surface area contributed by atoms with Crippen LogP contribution in [0, 0.1) is 11.8 Å². The van der Waals surface area contributed by atoms with Gasteiger partial charge in [0.1, 0.15) is 0 Å². The molecule has 0 amide bonds. The van der Waals surface area contributed by atoms with Crippen molar-refractivity contribution in [1.82, 2.24) is 10.6 Å². The third-order valence-electron chi connectivity index (χ3n) is 3.58. The van der Waals surface area contributed by atoms with Crippen LogP contribution in [0.2, 0.25) is 0 Å². The van der Waals surface area contributed by atoms with Gasteiger partial charge in [-0.15, -0.1) is 0 Å². The van der Waals surface area contributed by atoms with E-state index >= 15 is 0 Å². The highest BCUT2D eigenvalue weighted by atomic mass is 32.2. The van der Waals surface area contributed by atoms with Gasteiger partial charge in [0.15, 0.2) is 0 Å². The van der Waals surface area contributed by atoms with Gasteiger partial charge in [0.05, 0.1) is 0 Å². The maximum atomic E-state index is 3.86. The normalized spacial score (nSPS) is 44.1. The molecule has 2 N–H and O–H groups in total. The Kier molecular flexibility index (Phi) is 3.74. The third kappa shape index (κ3) is 2.44. The molecular weight excluding hydrogens is 192 g/mol. The van der Waals surface area contributed by atoms with Gasteiger partial charge in [-0.2, -0.15) is 11.8 Å². The Balaban J connectivity index is 1.83. The second kappa shape index (κ2) is 4.86. The summed E-state index contributed by atoms with van der Waals surface area (Å²) in [5, 5.41) is 7.31. The lowest BCUT2D eigenvalue weighted by Crippen LogP contribution is -2.51. The van der Waals surface area contributed by atoms with Crippen molar-refractivity contribution in [2.45, 2.75) is 32.4 Å². The van der Waals surface area contributed by atoms with Crippen LogP contribution in [0.25, 0.3) is 0 Å². The second-order valence-corrected chi connectivity index (χ2v) is 5.94. The molecule has 2 aliphatic heterocycles. The average Bonchev–Trinajstić information content (AvgIpc) is 2.56. The molecule has 0 aliphatic carbocycles. The van der Waals surface area contributed by atoms with E-state index in [1.807, 2.05) is 0 Å². The first kappa shape index (κ1) is 10.8. The van der Waals surface area contributed by atoms with Gasteiger partial charge in [-0.25, -0.2) is 0 Å². The standard InChI is InChI=1S/C11H22N2S/c1-8-5-12-4-3-10(8)13-11-7-14-6-9(11)2/h8-13H,3-7H2,1-2H3. The molecule has 2 rings (SSSR count). The molecule has 0 aromatic rings. The van der Waals surface area contributed by atoms with Crippen LogP contribution in [-0.2, 0) is 0 Å². The molecule has 82 valence electrons. The molecule has 2 nitrogen and oxygen atoms in total. The number of hydrogen-bond acceptors (Lipinski definition) is 3. The molecule has 2 fully saturated rings. The van der Waals surface area contributed by atoms with Crippen molar-refractivity contribution in [3.63, 3.8) is 0 Å². The van der Waals surface area contributed by atoms with Crippen molar-refractivity contribution in [2.24, 2.45) is 11.8 Å². The van der Waals surface area contributed by atoms with E-state index in [0.717, 1.165) is 23.9 Å². The van der Waals surface area contributed by atoms with Crippen LogP contribution in [-0.4, -0.2) is 36.7 Å². The fourth-order valence-corrected chi connectivity index (χ4v) is 3.83. The summed E-state index contributed by atoms with van der Waals surface area (Å²) in [5.41, 5.74) is 0. The van der Waals surface area contributed by atoms with Crippen LogP contribution in [0.5, 0.6) is 0 Å². The highest BCUT2D eigenvalue weighted by molar-refractivity contribution is 7.99. The van der Waals surface area contributed by atoms with Gasteiger partial charge >= 0.3 is 0 Å². The number of rotatable bonds is 2. The monoisotopic (exact) mass is 214 g/mol. The predicted octanol–water partition coefficient (Wildman–Crippen LogP) is 1.33. The van der Waals surface area contributed by atoms with Crippen molar-refractivity contribution in [3.05, 3.63) is 0 Å². The Labute approximate surface area is 91.6 Å². The molecule has 14 heavy (non-hydrogen) atoms. The molecule has 4 atom stereocenters. The molecule has 2 saturated heterocycles. The minimum Gasteiger partial charge on any atom is -0.316 e. The molecular formula is C11H22N2S. The van der Waals surface area contributed by atoms with E-state index in [2.05, 4.69) is 36.2 Å². The zero-order chi connectivity index (χ0) is 9.97. The van der Waals surface area contributed by atoms with Crippen LogP contribution in [0.1, 0.15) is 20.3 Å². The van der Waals surface area contributed by atoms with Gasteiger partial charge in [0, 0.05) is 17.8 Å². The van der Waals surface area contributed by atoms with E-state index in [0.29, 0.717) is 0 Å². The highest BCUT2D eigenvalue weighted by Crippen LogP contribution is 2.25. The van der Waals surface area contributed by atoms with Crippen molar-refractivity contribution in [2.75, 3.05) is 24.6 Å². The molecule has 0 saturated carbocycles. The van der Waals surface area contributed by atoms with Crippen LogP contribution < -0.4 is 10.6 Å². The topological polar surface area (TPSA) is 24.1 Å². The SMILES string of the molecule is CC1CNCCC1NC1CSCC1C. The maximum absolute atomic E-state index is 3.86. The Morgan fingerprint density at radius 3 is 2.64 bits per heavy atom. The summed E-state index contributed by atoms with van der Waals surface area (Å²) in [6.45, 7) is 7.11. The van der Waals surface area contributed by atoms with Gasteiger partial charge in [-0.05, 0) is 37.1 Å². The number of piperidine rings is 1. The molecule has 0 bridgehead atoms. The van der Waals surface area contributed by atoms with Crippen molar-refractivity contribution in [3.8, 4) is 0 Å². The van der Waals surface area contributed by atoms with E-state index in [1.54, 1.807) is 0 Å². The van der Waals surface area contributed by atoms with Gasteiger partial charge in [0.25, 0.3) is 0 Å². The van der Waals surface area contributed by atoms with Crippen molar-refractivity contribution in [1.29, 1.82) is 0 Å². The minimum absolute atomic E-state index is 0.752. The summed E-state index contributed by atoms with van der Waals surface area (Å²) in [6, 6.07) is 1.52. The zero-order valence-electron chi connectivity index (χ0n) is 9.25. The van der Waals surface area contributed by atoms with Gasteiger partial charge < -0.3 is 10.6 Å². The van der Waals surface area contributed by atoms with Crippen molar-refractivity contribution >= 4 is 11.8 Å². The number of hydrogen-bond donors (Lipinski definition) is 2. The third-order valence-corrected chi connectivity index (χ3v) is 4.93. The summed E-state index contributed by atoms with van der Waals surface area (Å²) < 4.78 is 0. The zero-order valence-corrected chi connectivity index (χ0v) is 10.1. The lowest BCUT2D eigenvalue weighted by molar-refractivity contribution is 0.262. The average molecular weight is 214 g/mol. The molecule has 4 unspecified atom stereocenters. The van der Waals surface area contributed by atoms with Gasteiger partial charge in [-0.3, -0.25) is 0 Å². The Morgan fingerprint density at radius 2 is 2.00 bits per heavy atom. The quantitative estimate of drug-likeness (QED) is 0.725. The van der Waals surface area contributed by atoms with Crippen LogP contribution >= 0.6 is 11.8 Å². The van der Waals surface area contributed by atoms with E-state index in [4.69, 9.17) is 0 Å². The second-order valence-electron chi connectivity index (χ2n) is 4.86. The smallest absolute Gasteiger partial charge is 0.0194 e. The first-order chi connectivity index (χ1) is 6.77. The summed E-state index contributed by atoms with van der Waals surface area (Å²) in [6.07, 6.45) is 1.30. The van der Waals surface area contributed by atoms with Crippen molar-refractivity contribution < 1.29 is 0 Å². The Bertz CT molecular complexity index is 186. The summed E-state index contributed by atoms with van der Waals surface area (Å²) >= 11 is 2.10. The highest BCUT2D eigenvalue weighted by Gasteiger charge is 2.29. The molecule has 2 heterocycles. The lowest BCUT2D eigenvalue weighted by atomic mass is 9.93. The Morgan fingerprint density at radius 1 is 1.14 bits per heavy atom. The van der Waals surface area contributed by atoms with Gasteiger partial charge in [0.2, 0.25) is 0 Å². The van der Waals surface area contributed by atoms with E-state index in [-0.39, 0.29) is 0 Å². The molecule has 3 heteroatoms. The first-order valence-corrected chi connectivity index (χ1v) is 6.97. The largest absolute Gasteiger partial charge is 0.316 e. The summed E-state index contributed by atoms with van der Waals surface area (Å²) in [5.74, 6) is 4.32. The Hall–Kier alpha value is 0.270. The van der Waals surface area contributed by atoms with E-state index < -0.39 is 0 Å². The van der Waals surface area contributed by atoms with E-state index in [9.17, 15) is 0 Å². The fraction of sp³-hybridized carbons (Fsp3) is 1.00. The predicted molar refractivity (Wildman–Crippen MR) is 63.9 cm³/mol. The summed E-state index contributed by atoms with van der Waals surface area (Å²) in [4.78, 5) is 0. The van der Waals surface area contributed by atoms with E-state index in [1.165, 1.54) is 31.0 Å². The summed E-state index contributed by atoms with van der Waals surface area (Å²) in [7, 11) is 0. The van der Waals surface area contributed by atoms with Crippen LogP contribution in [0.15, 0.2) is 0 Å². The maximum Gasteiger partial charge on any atom is 0.0194 e. The molecule has 0 aromatic carbocycles.